The minimum absolute atomic E-state index is 0.198. The third-order valence-corrected chi connectivity index (χ3v) is 6.32. The van der Waals surface area contributed by atoms with Crippen LogP contribution >= 0.6 is 22.6 Å². The van der Waals surface area contributed by atoms with Crippen molar-refractivity contribution < 1.29 is 4.79 Å². The van der Waals surface area contributed by atoms with Crippen molar-refractivity contribution in [2.45, 2.75) is 29.1 Å². The summed E-state index contributed by atoms with van der Waals surface area (Å²) in [6.45, 7) is 1.53. The van der Waals surface area contributed by atoms with Crippen LogP contribution in [0.1, 0.15) is 31.0 Å². The van der Waals surface area contributed by atoms with E-state index in [1.54, 1.807) is 6.20 Å². The van der Waals surface area contributed by atoms with Crippen molar-refractivity contribution in [3.63, 3.8) is 0 Å². The van der Waals surface area contributed by atoms with Crippen molar-refractivity contribution >= 4 is 45.3 Å². The molecule has 1 aliphatic heterocycles. The smallest absolute Gasteiger partial charge is 0.222 e. The Morgan fingerprint density at radius 2 is 2.21 bits per heavy atom. The van der Waals surface area contributed by atoms with Gasteiger partial charge >= 0.3 is 0 Å². The van der Waals surface area contributed by atoms with Crippen molar-refractivity contribution in [1.82, 2.24) is 29.5 Å². The molecule has 2 aliphatic rings. The van der Waals surface area contributed by atoms with E-state index in [0.29, 0.717) is 22.2 Å². The van der Waals surface area contributed by atoms with E-state index >= 15 is 0 Å². The summed E-state index contributed by atoms with van der Waals surface area (Å²) < 4.78 is 2.42. The summed E-state index contributed by atoms with van der Waals surface area (Å²) in [5, 5.41) is 8.73. The van der Waals surface area contributed by atoms with Gasteiger partial charge in [-0.3, -0.25) is 9.20 Å². The number of nitrogens with one attached hydrogen (secondary N) is 1. The first-order valence-electron chi connectivity index (χ1n) is 8.29. The molecule has 8 heteroatoms. The first-order valence-corrected chi connectivity index (χ1v) is 9.54. The highest BCUT2D eigenvalue weighted by atomic mass is 127. The second-order valence-electron chi connectivity index (χ2n) is 6.79. The largest absolute Gasteiger partial charge is 0.345 e. The third kappa shape index (κ3) is 2.30. The molecule has 0 bridgehead atoms. The van der Waals surface area contributed by atoms with Crippen LogP contribution in [0.15, 0.2) is 18.5 Å². The topological polar surface area (TPSA) is 79.2 Å². The van der Waals surface area contributed by atoms with E-state index in [1.807, 2.05) is 17.2 Å². The summed E-state index contributed by atoms with van der Waals surface area (Å²) in [5.74, 6) is 2.05. The maximum Gasteiger partial charge on any atom is 0.222 e. The van der Waals surface area contributed by atoms with Gasteiger partial charge in [0, 0.05) is 29.6 Å². The molecule has 3 aromatic rings. The fourth-order valence-corrected chi connectivity index (χ4v) is 4.57. The Labute approximate surface area is 152 Å². The Kier molecular flexibility index (Phi) is 3.29. The zero-order valence-electron chi connectivity index (χ0n) is 13.0. The average Bonchev–Trinajstić information content (AvgIpc) is 3.00. The molecule has 1 N–H and O–H groups in total. The number of likely N-dealkylation sites (tertiary alicyclic amines) is 1. The minimum Gasteiger partial charge on any atom is -0.345 e. The Morgan fingerprint density at radius 1 is 1.33 bits per heavy atom. The highest BCUT2D eigenvalue weighted by Gasteiger charge is 2.38. The van der Waals surface area contributed by atoms with Crippen molar-refractivity contribution in [3.05, 3.63) is 24.3 Å². The fourth-order valence-electron chi connectivity index (χ4n) is 3.55. The predicted octanol–water partition coefficient (Wildman–Crippen LogP) is 2.14. The van der Waals surface area contributed by atoms with Gasteiger partial charge in [-0.1, -0.05) is 22.6 Å². The van der Waals surface area contributed by atoms with Gasteiger partial charge in [-0.2, -0.15) is 0 Å². The molecule has 0 radical (unpaired) electrons. The van der Waals surface area contributed by atoms with E-state index in [4.69, 9.17) is 0 Å². The summed E-state index contributed by atoms with van der Waals surface area (Å²) in [7, 11) is 0. The molecule has 2 atom stereocenters. The van der Waals surface area contributed by atoms with E-state index in [2.05, 4.69) is 47.2 Å². The van der Waals surface area contributed by atoms with E-state index in [1.165, 1.54) is 12.8 Å². The van der Waals surface area contributed by atoms with Crippen LogP contribution in [-0.4, -0.2) is 52.4 Å². The van der Waals surface area contributed by atoms with Gasteiger partial charge in [-0.15, -0.1) is 10.2 Å². The first-order chi connectivity index (χ1) is 11.7. The molecule has 0 unspecified atom stereocenters. The summed E-state index contributed by atoms with van der Waals surface area (Å²) in [6.07, 6.45) is 6.75. The molecule has 3 aromatic heterocycles. The SMILES string of the molecule is O=C(CC1CC1)N1C[C@@H](I)[C@@H](c2nnc3cnc4[nH]ccc4n23)C1. The molecule has 2 fully saturated rings. The van der Waals surface area contributed by atoms with Gasteiger partial charge < -0.3 is 9.88 Å². The number of hydrogen-bond acceptors (Lipinski definition) is 4. The van der Waals surface area contributed by atoms with Crippen LogP contribution in [0.3, 0.4) is 0 Å². The average molecular weight is 436 g/mol. The van der Waals surface area contributed by atoms with Gasteiger partial charge in [0.15, 0.2) is 11.3 Å². The van der Waals surface area contributed by atoms with Gasteiger partial charge in [-0.05, 0) is 24.8 Å². The first kappa shape index (κ1) is 14.6. The molecule has 1 amide bonds. The highest BCUT2D eigenvalue weighted by molar-refractivity contribution is 14.1. The maximum absolute atomic E-state index is 12.5. The lowest BCUT2D eigenvalue weighted by molar-refractivity contribution is -0.130. The number of nitrogens with zero attached hydrogens (tertiary/aromatic N) is 5. The molecule has 5 rings (SSSR count). The van der Waals surface area contributed by atoms with E-state index in [9.17, 15) is 4.79 Å². The summed E-state index contributed by atoms with van der Waals surface area (Å²) in [6, 6.07) is 2.00. The lowest BCUT2D eigenvalue weighted by Crippen LogP contribution is -2.29. The maximum atomic E-state index is 12.5. The van der Waals surface area contributed by atoms with Gasteiger partial charge in [-0.25, -0.2) is 4.98 Å². The Morgan fingerprint density at radius 3 is 3.04 bits per heavy atom. The van der Waals surface area contributed by atoms with Gasteiger partial charge in [0.25, 0.3) is 0 Å². The van der Waals surface area contributed by atoms with Gasteiger partial charge in [0.05, 0.1) is 17.6 Å². The van der Waals surface area contributed by atoms with Crippen LogP contribution in [0.4, 0.5) is 0 Å². The van der Waals surface area contributed by atoms with Crippen LogP contribution in [-0.2, 0) is 4.79 Å². The zero-order chi connectivity index (χ0) is 16.3. The number of carbonyl (C=O) groups excluding carboxylic acids is 1. The Balaban J connectivity index is 1.50. The standard InChI is InChI=1S/C16H17IN6O/c17-11-8-22(14(24)5-9-1-2-9)7-10(11)16-21-20-13-6-19-15-12(23(13)16)3-4-18-15/h3-4,6,9-11,18H,1-2,5,7-8H2/t10-,11+/m0/s1. The second kappa shape index (κ2) is 5.40. The highest BCUT2D eigenvalue weighted by Crippen LogP contribution is 2.36. The predicted molar refractivity (Wildman–Crippen MR) is 97.1 cm³/mol. The van der Waals surface area contributed by atoms with E-state index in [0.717, 1.165) is 35.7 Å². The molecule has 1 aliphatic carbocycles. The monoisotopic (exact) mass is 436 g/mol. The summed E-state index contributed by atoms with van der Waals surface area (Å²) in [4.78, 5) is 22.0. The molecule has 7 nitrogen and oxygen atoms in total. The van der Waals surface area contributed by atoms with Crippen molar-refractivity contribution in [1.29, 1.82) is 0 Å². The molecule has 0 aromatic carbocycles. The third-order valence-electron chi connectivity index (χ3n) is 5.06. The van der Waals surface area contributed by atoms with Crippen molar-refractivity contribution in [2.75, 3.05) is 13.1 Å². The van der Waals surface area contributed by atoms with E-state index in [-0.39, 0.29) is 5.92 Å². The number of hydrogen-bond donors (Lipinski definition) is 1. The van der Waals surface area contributed by atoms with Crippen LogP contribution in [0.25, 0.3) is 16.8 Å². The van der Waals surface area contributed by atoms with Crippen LogP contribution in [0, 0.1) is 5.92 Å². The molecule has 0 spiro atoms. The summed E-state index contributed by atoms with van der Waals surface area (Å²) >= 11 is 2.45. The number of amides is 1. The molecule has 4 heterocycles. The molecular weight excluding hydrogens is 419 g/mol. The van der Waals surface area contributed by atoms with Crippen LogP contribution in [0.2, 0.25) is 0 Å². The number of H-pyrrole nitrogens is 1. The Bertz CT molecular complexity index is 929. The Hall–Kier alpha value is -1.71. The van der Waals surface area contributed by atoms with Crippen LogP contribution in [0.5, 0.6) is 0 Å². The lowest BCUT2D eigenvalue weighted by Gasteiger charge is -2.15. The van der Waals surface area contributed by atoms with Gasteiger partial charge in [0.2, 0.25) is 5.91 Å². The quantitative estimate of drug-likeness (QED) is 0.504. The summed E-state index contributed by atoms with van der Waals surface area (Å²) in [5.41, 5.74) is 2.57. The van der Waals surface area contributed by atoms with Crippen molar-refractivity contribution in [3.8, 4) is 0 Å². The number of alkyl halides is 1. The number of aromatic amines is 1. The van der Waals surface area contributed by atoms with Crippen LogP contribution < -0.4 is 0 Å². The second-order valence-corrected chi connectivity index (χ2v) is 8.39. The number of rotatable bonds is 3. The van der Waals surface area contributed by atoms with E-state index < -0.39 is 0 Å². The normalized spacial score (nSPS) is 24.3. The zero-order valence-corrected chi connectivity index (χ0v) is 15.2. The number of fused-ring (bicyclic) bond motifs is 3. The lowest BCUT2D eigenvalue weighted by atomic mass is 10.1. The van der Waals surface area contributed by atoms with Gasteiger partial charge in [0.1, 0.15) is 5.82 Å². The molecular formula is C16H17IN6O. The minimum atomic E-state index is 0.198. The number of aromatic nitrogens is 5. The fraction of sp³-hybridized carbons (Fsp3) is 0.500. The molecule has 24 heavy (non-hydrogen) atoms. The van der Waals surface area contributed by atoms with Crippen molar-refractivity contribution in [2.24, 2.45) is 5.92 Å². The molecule has 1 saturated carbocycles. The molecule has 124 valence electrons. The number of halogens is 1. The molecule has 1 saturated heterocycles. The number of carbonyl (C=O) groups is 1.